The van der Waals surface area contributed by atoms with Crippen LogP contribution in [0.4, 0.5) is 10.1 Å². The van der Waals surface area contributed by atoms with Crippen molar-refractivity contribution >= 4 is 17.6 Å². The zero-order valence-corrected chi connectivity index (χ0v) is 7.37. The van der Waals surface area contributed by atoms with Crippen LogP contribution in [0.15, 0.2) is 18.2 Å². The summed E-state index contributed by atoms with van der Waals surface area (Å²) in [6, 6.07) is 3.95. The molecular weight excluding hydrogens is 189 g/mol. The Morgan fingerprint density at radius 1 is 1.43 bits per heavy atom. The molecule has 0 unspecified atom stereocenters. The molecule has 0 spiro atoms. The molecule has 1 amide bonds. The van der Waals surface area contributed by atoms with Crippen LogP contribution in [0.3, 0.4) is 0 Å². The lowest BCUT2D eigenvalue weighted by Crippen LogP contribution is -2.21. The molecule has 0 fully saturated rings. The van der Waals surface area contributed by atoms with Gasteiger partial charge in [-0.2, -0.15) is 0 Å². The van der Waals surface area contributed by atoms with Gasteiger partial charge in [-0.05, 0) is 24.6 Å². The van der Waals surface area contributed by atoms with Crippen LogP contribution < -0.4 is 5.32 Å². The molecule has 0 aliphatic carbocycles. The smallest absolute Gasteiger partial charge is 0.394 e. The average Bonchev–Trinajstić information content (AvgIpc) is 2.11. The maximum absolute atomic E-state index is 12.9. The molecule has 0 atom stereocenters. The fraction of sp³-hybridized carbons (Fsp3) is 0.111. The number of aliphatic carboxylic acids is 1. The van der Waals surface area contributed by atoms with Gasteiger partial charge in [-0.1, -0.05) is 6.07 Å². The number of benzene rings is 1. The molecule has 0 saturated carbocycles. The number of anilines is 1. The Hall–Kier alpha value is -1.91. The molecule has 0 aromatic heterocycles. The van der Waals surface area contributed by atoms with Crippen molar-refractivity contribution in [3.63, 3.8) is 0 Å². The molecular formula is C9H8FNO3. The van der Waals surface area contributed by atoms with Crippen molar-refractivity contribution in [1.82, 2.24) is 0 Å². The number of hydrogen-bond donors (Lipinski definition) is 2. The van der Waals surface area contributed by atoms with Crippen molar-refractivity contribution < 1.29 is 19.1 Å². The second kappa shape index (κ2) is 3.87. The largest absolute Gasteiger partial charge is 0.474 e. The molecule has 0 saturated heterocycles. The standard InChI is InChI=1S/C9H8FNO3/c1-5-2-3-6(4-7(5)10)11-8(12)9(13)14/h2-4H,1H3,(H,11,12)(H,13,14). The number of carboxylic acid groups (broad SMARTS) is 1. The summed E-state index contributed by atoms with van der Waals surface area (Å²) < 4.78 is 12.9. The highest BCUT2D eigenvalue weighted by atomic mass is 19.1. The van der Waals surface area contributed by atoms with Crippen LogP contribution in [0.5, 0.6) is 0 Å². The van der Waals surface area contributed by atoms with Gasteiger partial charge >= 0.3 is 11.9 Å². The first-order chi connectivity index (χ1) is 6.50. The predicted octanol–water partition coefficient (Wildman–Crippen LogP) is 1.16. The molecule has 2 N–H and O–H groups in total. The van der Waals surface area contributed by atoms with Crippen molar-refractivity contribution in [3.05, 3.63) is 29.6 Å². The van der Waals surface area contributed by atoms with Gasteiger partial charge in [-0.15, -0.1) is 0 Å². The molecule has 1 aromatic rings. The van der Waals surface area contributed by atoms with E-state index in [2.05, 4.69) is 0 Å². The van der Waals surface area contributed by atoms with Gasteiger partial charge in [0.05, 0.1) is 0 Å². The molecule has 1 aromatic carbocycles. The second-order valence-corrected chi connectivity index (χ2v) is 2.72. The van der Waals surface area contributed by atoms with E-state index < -0.39 is 17.7 Å². The lowest BCUT2D eigenvalue weighted by atomic mass is 10.2. The molecule has 74 valence electrons. The second-order valence-electron chi connectivity index (χ2n) is 2.72. The number of aryl methyl sites for hydroxylation is 1. The van der Waals surface area contributed by atoms with Crippen LogP contribution in [-0.4, -0.2) is 17.0 Å². The monoisotopic (exact) mass is 197 g/mol. The third-order valence-electron chi connectivity index (χ3n) is 1.62. The SMILES string of the molecule is Cc1ccc(NC(=O)C(=O)O)cc1F. The summed E-state index contributed by atoms with van der Waals surface area (Å²) in [5.74, 6) is -3.28. The zero-order chi connectivity index (χ0) is 10.7. The lowest BCUT2D eigenvalue weighted by Gasteiger charge is -2.02. The van der Waals surface area contributed by atoms with Gasteiger partial charge in [0.15, 0.2) is 0 Å². The highest BCUT2D eigenvalue weighted by Gasteiger charge is 2.11. The molecule has 0 heterocycles. The third kappa shape index (κ3) is 2.29. The molecule has 5 heteroatoms. The fourth-order valence-electron chi connectivity index (χ4n) is 0.855. The Morgan fingerprint density at radius 2 is 2.07 bits per heavy atom. The van der Waals surface area contributed by atoms with Gasteiger partial charge in [0.2, 0.25) is 0 Å². The molecule has 4 nitrogen and oxygen atoms in total. The van der Waals surface area contributed by atoms with E-state index in [1.807, 2.05) is 5.32 Å². The minimum absolute atomic E-state index is 0.125. The van der Waals surface area contributed by atoms with Gasteiger partial charge in [-0.3, -0.25) is 4.79 Å². The van der Waals surface area contributed by atoms with E-state index in [9.17, 15) is 14.0 Å². The van der Waals surface area contributed by atoms with Crippen LogP contribution in [0.1, 0.15) is 5.56 Å². The van der Waals surface area contributed by atoms with E-state index >= 15 is 0 Å². The number of nitrogens with one attached hydrogen (secondary N) is 1. The number of carbonyl (C=O) groups is 2. The predicted molar refractivity (Wildman–Crippen MR) is 47.4 cm³/mol. The first-order valence-corrected chi connectivity index (χ1v) is 3.81. The molecule has 1 rings (SSSR count). The quantitative estimate of drug-likeness (QED) is 0.664. The van der Waals surface area contributed by atoms with Crippen molar-refractivity contribution in [1.29, 1.82) is 0 Å². The number of carboxylic acids is 1. The fourth-order valence-corrected chi connectivity index (χ4v) is 0.855. The summed E-state index contributed by atoms with van der Waals surface area (Å²) in [5.41, 5.74) is 0.554. The minimum atomic E-state index is -1.61. The summed E-state index contributed by atoms with van der Waals surface area (Å²) in [6.45, 7) is 1.57. The maximum Gasteiger partial charge on any atom is 0.394 e. The summed E-state index contributed by atoms with van der Waals surface area (Å²) in [4.78, 5) is 20.8. The van der Waals surface area contributed by atoms with Crippen molar-refractivity contribution in [2.75, 3.05) is 5.32 Å². The first-order valence-electron chi connectivity index (χ1n) is 3.81. The van der Waals surface area contributed by atoms with Crippen molar-refractivity contribution in [3.8, 4) is 0 Å². The summed E-state index contributed by atoms with van der Waals surface area (Å²) in [7, 11) is 0. The molecule has 0 aliphatic rings. The number of carbonyl (C=O) groups excluding carboxylic acids is 1. The van der Waals surface area contributed by atoms with Crippen LogP contribution in [-0.2, 0) is 9.59 Å². The highest BCUT2D eigenvalue weighted by Crippen LogP contribution is 2.13. The van der Waals surface area contributed by atoms with Gasteiger partial charge < -0.3 is 10.4 Å². The number of rotatable bonds is 1. The lowest BCUT2D eigenvalue weighted by molar-refractivity contribution is -0.147. The highest BCUT2D eigenvalue weighted by molar-refractivity contribution is 6.36. The number of hydrogen-bond acceptors (Lipinski definition) is 2. The van der Waals surface area contributed by atoms with E-state index in [0.717, 1.165) is 6.07 Å². The van der Waals surface area contributed by atoms with Gasteiger partial charge in [0.25, 0.3) is 0 Å². The van der Waals surface area contributed by atoms with Crippen LogP contribution in [0.25, 0.3) is 0 Å². The number of amides is 1. The Labute approximate surface area is 79.4 Å². The van der Waals surface area contributed by atoms with Gasteiger partial charge in [0.1, 0.15) is 5.82 Å². The van der Waals surface area contributed by atoms with Gasteiger partial charge in [-0.25, -0.2) is 9.18 Å². The Balaban J connectivity index is 2.83. The Kier molecular flexibility index (Phi) is 2.81. The first kappa shape index (κ1) is 10.2. The Bertz CT molecular complexity index is 390. The summed E-state index contributed by atoms with van der Waals surface area (Å²) in [6.07, 6.45) is 0. The average molecular weight is 197 g/mol. The van der Waals surface area contributed by atoms with E-state index in [0.29, 0.717) is 5.56 Å². The van der Waals surface area contributed by atoms with E-state index in [1.165, 1.54) is 12.1 Å². The van der Waals surface area contributed by atoms with Crippen molar-refractivity contribution in [2.45, 2.75) is 6.92 Å². The zero-order valence-electron chi connectivity index (χ0n) is 7.37. The topological polar surface area (TPSA) is 66.4 Å². The van der Waals surface area contributed by atoms with E-state index in [4.69, 9.17) is 5.11 Å². The van der Waals surface area contributed by atoms with Crippen LogP contribution >= 0.6 is 0 Å². The third-order valence-corrected chi connectivity index (χ3v) is 1.62. The molecule has 0 radical (unpaired) electrons. The molecule has 0 aliphatic heterocycles. The normalized spacial score (nSPS) is 9.57. The number of halogens is 1. The summed E-state index contributed by atoms with van der Waals surface area (Å²) >= 11 is 0. The minimum Gasteiger partial charge on any atom is -0.474 e. The maximum atomic E-state index is 12.9. The summed E-state index contributed by atoms with van der Waals surface area (Å²) in [5, 5.41) is 10.3. The Morgan fingerprint density at radius 3 is 2.57 bits per heavy atom. The molecule has 0 bridgehead atoms. The van der Waals surface area contributed by atoms with Crippen LogP contribution in [0.2, 0.25) is 0 Å². The van der Waals surface area contributed by atoms with E-state index in [1.54, 1.807) is 6.92 Å². The van der Waals surface area contributed by atoms with E-state index in [-0.39, 0.29) is 5.69 Å². The van der Waals surface area contributed by atoms with Crippen molar-refractivity contribution in [2.24, 2.45) is 0 Å². The van der Waals surface area contributed by atoms with Gasteiger partial charge in [0, 0.05) is 5.69 Å². The molecule has 14 heavy (non-hydrogen) atoms. The van der Waals surface area contributed by atoms with Crippen LogP contribution in [0, 0.1) is 12.7 Å².